The normalized spacial score (nSPS) is 17.2. The molecular formula is C26H33N3O5S. The van der Waals surface area contributed by atoms with Gasteiger partial charge in [-0.1, -0.05) is 31.1 Å². The highest BCUT2D eigenvalue weighted by Crippen LogP contribution is 2.34. The van der Waals surface area contributed by atoms with Gasteiger partial charge in [-0.15, -0.1) is 0 Å². The summed E-state index contributed by atoms with van der Waals surface area (Å²) in [5, 5.41) is 4.15. The zero-order valence-corrected chi connectivity index (χ0v) is 21.7. The van der Waals surface area contributed by atoms with E-state index < -0.39 is 10.0 Å². The number of methoxy groups -OCH3 is 1. The predicted octanol–water partition coefficient (Wildman–Crippen LogP) is 5.22. The molecule has 1 aliphatic heterocycles. The van der Waals surface area contributed by atoms with Crippen molar-refractivity contribution < 1.29 is 22.4 Å². The van der Waals surface area contributed by atoms with Crippen LogP contribution in [0.1, 0.15) is 63.8 Å². The fourth-order valence-corrected chi connectivity index (χ4v) is 5.74. The zero-order chi connectivity index (χ0) is 25.2. The van der Waals surface area contributed by atoms with Crippen LogP contribution in [-0.2, 0) is 10.0 Å². The summed E-state index contributed by atoms with van der Waals surface area (Å²) in [7, 11) is -2.02. The van der Waals surface area contributed by atoms with Crippen molar-refractivity contribution in [3.63, 3.8) is 0 Å². The molecule has 1 fully saturated rings. The summed E-state index contributed by atoms with van der Waals surface area (Å²) in [6.07, 6.45) is 1.52. The topological polar surface area (TPSA) is 94.8 Å². The molecule has 2 heterocycles. The molecule has 0 radical (unpaired) electrons. The maximum Gasteiger partial charge on any atom is 0.243 e. The summed E-state index contributed by atoms with van der Waals surface area (Å²) in [5.41, 5.74) is 1.85. The third kappa shape index (κ3) is 5.51. The van der Waals surface area contributed by atoms with E-state index in [1.165, 1.54) is 4.31 Å². The van der Waals surface area contributed by atoms with Gasteiger partial charge in [-0.25, -0.2) is 8.42 Å². The molecule has 0 saturated carbocycles. The van der Waals surface area contributed by atoms with Crippen molar-refractivity contribution in [2.24, 2.45) is 0 Å². The monoisotopic (exact) mass is 499 g/mol. The molecule has 9 heteroatoms. The number of rotatable bonds is 8. The van der Waals surface area contributed by atoms with Gasteiger partial charge in [0.2, 0.25) is 21.7 Å². The van der Waals surface area contributed by atoms with Crippen LogP contribution in [0.2, 0.25) is 0 Å². The quantitative estimate of drug-likeness (QED) is 0.419. The second-order valence-electron chi connectivity index (χ2n) is 9.41. The smallest absolute Gasteiger partial charge is 0.243 e. The minimum absolute atomic E-state index is 0.0187. The molecule has 1 saturated heterocycles. The maximum atomic E-state index is 13.3. The van der Waals surface area contributed by atoms with Gasteiger partial charge in [0.25, 0.3) is 0 Å². The van der Waals surface area contributed by atoms with Crippen LogP contribution in [0.3, 0.4) is 0 Å². The fourth-order valence-electron chi connectivity index (χ4n) is 4.21. The highest BCUT2D eigenvalue weighted by atomic mass is 32.2. The zero-order valence-electron chi connectivity index (χ0n) is 20.9. The van der Waals surface area contributed by atoms with Gasteiger partial charge in [0, 0.05) is 18.7 Å². The van der Waals surface area contributed by atoms with Gasteiger partial charge >= 0.3 is 0 Å². The van der Waals surface area contributed by atoms with Gasteiger partial charge < -0.3 is 14.0 Å². The maximum absolute atomic E-state index is 13.3. The molecule has 8 nitrogen and oxygen atoms in total. The number of hydrogen-bond acceptors (Lipinski definition) is 7. The van der Waals surface area contributed by atoms with Crippen molar-refractivity contribution in [3.05, 3.63) is 53.9 Å². The van der Waals surface area contributed by atoms with Crippen LogP contribution in [0.5, 0.6) is 11.5 Å². The standard InChI is InChI=1S/C26H33N3O5S/c1-17(2)19-8-11-22(12-9-19)35(30,31)29-14-6-7-21(16-29)26-27-25(28-34-26)20-10-13-23(33-18(3)4)24(15-20)32-5/h8-13,15,17-18,21H,6-7,14,16H2,1-5H3/t21-/m1/s1. The minimum Gasteiger partial charge on any atom is -0.493 e. The van der Waals surface area contributed by atoms with Crippen LogP contribution in [0.15, 0.2) is 51.9 Å². The number of nitrogens with zero attached hydrogens (tertiary/aromatic N) is 3. The molecule has 3 aromatic rings. The first kappa shape index (κ1) is 25.2. The van der Waals surface area contributed by atoms with E-state index in [4.69, 9.17) is 14.0 Å². The van der Waals surface area contributed by atoms with Gasteiger partial charge in [0.05, 0.1) is 24.0 Å². The Bertz CT molecular complexity index is 1250. The highest BCUT2D eigenvalue weighted by molar-refractivity contribution is 7.89. The average Bonchev–Trinajstić information content (AvgIpc) is 3.34. The molecule has 1 atom stereocenters. The fraction of sp³-hybridized carbons (Fsp3) is 0.462. The summed E-state index contributed by atoms with van der Waals surface area (Å²) < 4.78 is 44.9. The number of sulfonamides is 1. The largest absolute Gasteiger partial charge is 0.493 e. The van der Waals surface area contributed by atoms with Crippen LogP contribution in [-0.4, -0.2) is 49.2 Å². The van der Waals surface area contributed by atoms with Gasteiger partial charge in [-0.05, 0) is 68.5 Å². The molecule has 0 amide bonds. The predicted molar refractivity (Wildman–Crippen MR) is 133 cm³/mol. The molecule has 0 aliphatic carbocycles. The number of hydrogen-bond donors (Lipinski definition) is 0. The summed E-state index contributed by atoms with van der Waals surface area (Å²) in [4.78, 5) is 4.90. The van der Waals surface area contributed by atoms with E-state index in [1.807, 2.05) is 44.2 Å². The third-order valence-electron chi connectivity index (χ3n) is 6.14. The van der Waals surface area contributed by atoms with Crippen LogP contribution in [0, 0.1) is 0 Å². The lowest BCUT2D eigenvalue weighted by atomic mass is 10.00. The first-order valence-electron chi connectivity index (χ1n) is 12.0. The lowest BCUT2D eigenvalue weighted by molar-refractivity contribution is 0.230. The lowest BCUT2D eigenvalue weighted by Crippen LogP contribution is -2.39. The molecule has 1 aliphatic rings. The Morgan fingerprint density at radius 2 is 1.80 bits per heavy atom. The van der Waals surface area contributed by atoms with Crippen LogP contribution < -0.4 is 9.47 Å². The molecule has 2 aromatic carbocycles. The van der Waals surface area contributed by atoms with Gasteiger partial charge in [0.1, 0.15) is 0 Å². The second kappa shape index (κ2) is 10.4. The van der Waals surface area contributed by atoms with E-state index in [1.54, 1.807) is 19.2 Å². The number of piperidine rings is 1. The van der Waals surface area contributed by atoms with E-state index in [2.05, 4.69) is 24.0 Å². The van der Waals surface area contributed by atoms with Crippen molar-refractivity contribution in [3.8, 4) is 22.9 Å². The van der Waals surface area contributed by atoms with E-state index in [-0.39, 0.29) is 12.0 Å². The molecule has 35 heavy (non-hydrogen) atoms. The first-order valence-corrected chi connectivity index (χ1v) is 13.4. The van der Waals surface area contributed by atoms with Crippen molar-refractivity contribution >= 4 is 10.0 Å². The molecule has 0 bridgehead atoms. The Labute approximate surface area is 207 Å². The SMILES string of the molecule is COc1cc(-c2noc([C@@H]3CCCN(S(=O)(=O)c4ccc(C(C)C)cc4)C3)n2)ccc1OC(C)C. The van der Waals surface area contributed by atoms with Gasteiger partial charge in [-0.3, -0.25) is 0 Å². The van der Waals surface area contributed by atoms with E-state index in [9.17, 15) is 8.42 Å². The summed E-state index contributed by atoms with van der Waals surface area (Å²) >= 11 is 0. The molecule has 4 rings (SSSR count). The molecule has 0 unspecified atom stereocenters. The van der Waals surface area contributed by atoms with Gasteiger partial charge in [0.15, 0.2) is 11.5 Å². The Morgan fingerprint density at radius 3 is 2.46 bits per heavy atom. The molecular weight excluding hydrogens is 466 g/mol. The highest BCUT2D eigenvalue weighted by Gasteiger charge is 2.33. The van der Waals surface area contributed by atoms with E-state index >= 15 is 0 Å². The van der Waals surface area contributed by atoms with Crippen LogP contribution in [0.4, 0.5) is 0 Å². The number of ether oxygens (including phenoxy) is 2. The Hall–Kier alpha value is -2.91. The third-order valence-corrected chi connectivity index (χ3v) is 8.02. The van der Waals surface area contributed by atoms with Gasteiger partial charge in [-0.2, -0.15) is 9.29 Å². The van der Waals surface area contributed by atoms with Crippen LogP contribution >= 0.6 is 0 Å². The van der Waals surface area contributed by atoms with E-state index in [0.717, 1.165) is 24.0 Å². The summed E-state index contributed by atoms with van der Waals surface area (Å²) in [5.74, 6) is 2.28. The second-order valence-corrected chi connectivity index (χ2v) is 11.4. The molecule has 188 valence electrons. The molecule has 1 aromatic heterocycles. The Balaban J connectivity index is 1.52. The van der Waals surface area contributed by atoms with Crippen molar-refractivity contribution in [1.29, 1.82) is 0 Å². The van der Waals surface area contributed by atoms with Crippen molar-refractivity contribution in [1.82, 2.24) is 14.4 Å². The lowest BCUT2D eigenvalue weighted by Gasteiger charge is -2.30. The van der Waals surface area contributed by atoms with Crippen molar-refractivity contribution in [2.75, 3.05) is 20.2 Å². The van der Waals surface area contributed by atoms with E-state index in [0.29, 0.717) is 47.1 Å². The minimum atomic E-state index is -3.60. The summed E-state index contributed by atoms with van der Waals surface area (Å²) in [6, 6.07) is 12.6. The molecule has 0 spiro atoms. The Kier molecular flexibility index (Phi) is 7.47. The Morgan fingerprint density at radius 1 is 1.06 bits per heavy atom. The number of aromatic nitrogens is 2. The summed E-state index contributed by atoms with van der Waals surface area (Å²) in [6.45, 7) is 8.85. The average molecular weight is 500 g/mol. The van der Waals surface area contributed by atoms with Crippen molar-refractivity contribution in [2.45, 2.75) is 63.4 Å². The molecule has 0 N–H and O–H groups in total. The first-order chi connectivity index (χ1) is 16.7. The number of benzene rings is 2. The van der Waals surface area contributed by atoms with Crippen LogP contribution in [0.25, 0.3) is 11.4 Å².